The van der Waals surface area contributed by atoms with Crippen molar-refractivity contribution in [3.05, 3.63) is 18.6 Å². The number of piperidine rings is 1. The molecule has 0 spiro atoms. The van der Waals surface area contributed by atoms with Crippen molar-refractivity contribution < 1.29 is 9.59 Å². The number of carbonyl (C=O) groups is 2. The van der Waals surface area contributed by atoms with E-state index in [-0.39, 0.29) is 30.3 Å². The lowest BCUT2D eigenvalue weighted by Crippen LogP contribution is -2.47. The second kappa shape index (κ2) is 8.61. The maximum Gasteiger partial charge on any atom is 0.239 e. The monoisotopic (exact) mass is 333 g/mol. The number of amides is 2. The van der Waals surface area contributed by atoms with Crippen LogP contribution in [-0.2, 0) is 9.59 Å². The maximum atomic E-state index is 12.7. The number of carbonyl (C=O) groups excluding carboxylic acids is 2. The van der Waals surface area contributed by atoms with E-state index in [0.29, 0.717) is 6.54 Å². The molecule has 0 aromatic carbocycles. The summed E-state index contributed by atoms with van der Waals surface area (Å²) in [6.07, 6.45) is 6.63. The van der Waals surface area contributed by atoms with Gasteiger partial charge in [0.2, 0.25) is 11.8 Å². The molecule has 0 bridgehead atoms. The smallest absolute Gasteiger partial charge is 0.239 e. The summed E-state index contributed by atoms with van der Waals surface area (Å²) in [7, 11) is 0. The van der Waals surface area contributed by atoms with Gasteiger partial charge in [0.25, 0.3) is 0 Å². The number of hydrogen-bond acceptors (Lipinski definition) is 5. The Hall–Kier alpha value is -2.18. The molecule has 0 saturated carbocycles. The predicted octanol–water partition coefficient (Wildman–Crippen LogP) is 1.07. The molecule has 2 rings (SSSR count). The first-order valence-electron chi connectivity index (χ1n) is 8.60. The van der Waals surface area contributed by atoms with Crippen LogP contribution in [0.2, 0.25) is 0 Å². The Balaban J connectivity index is 1.87. The Morgan fingerprint density at radius 3 is 2.58 bits per heavy atom. The average molecular weight is 333 g/mol. The Morgan fingerprint density at radius 2 is 2.04 bits per heavy atom. The van der Waals surface area contributed by atoms with Gasteiger partial charge in [0.15, 0.2) is 0 Å². The SMILES string of the molecule is CCN(CC(=O)NC(C)C)C(=O)C1CCN(c2cnccn2)CC1. The number of anilines is 1. The fourth-order valence-corrected chi connectivity index (χ4v) is 2.95. The van der Waals surface area contributed by atoms with Crippen molar-refractivity contribution in [3.63, 3.8) is 0 Å². The fraction of sp³-hybridized carbons (Fsp3) is 0.647. The Labute approximate surface area is 143 Å². The van der Waals surface area contributed by atoms with Gasteiger partial charge in [-0.3, -0.25) is 14.6 Å². The minimum atomic E-state index is -0.0998. The normalized spacial score (nSPS) is 15.4. The van der Waals surface area contributed by atoms with Gasteiger partial charge in [-0.15, -0.1) is 0 Å². The van der Waals surface area contributed by atoms with Crippen LogP contribution in [0.25, 0.3) is 0 Å². The van der Waals surface area contributed by atoms with Crippen molar-refractivity contribution in [2.24, 2.45) is 5.92 Å². The van der Waals surface area contributed by atoms with Crippen LogP contribution in [0.5, 0.6) is 0 Å². The molecule has 1 aliphatic heterocycles. The van der Waals surface area contributed by atoms with Crippen molar-refractivity contribution in [1.82, 2.24) is 20.2 Å². The number of nitrogens with one attached hydrogen (secondary N) is 1. The topological polar surface area (TPSA) is 78.4 Å². The van der Waals surface area contributed by atoms with Crippen molar-refractivity contribution in [1.29, 1.82) is 0 Å². The van der Waals surface area contributed by atoms with E-state index >= 15 is 0 Å². The lowest BCUT2D eigenvalue weighted by molar-refractivity contribution is -0.139. The number of hydrogen-bond donors (Lipinski definition) is 1. The van der Waals surface area contributed by atoms with Gasteiger partial charge in [-0.2, -0.15) is 0 Å². The van der Waals surface area contributed by atoms with Gasteiger partial charge in [0.05, 0.1) is 12.7 Å². The number of likely N-dealkylation sites (N-methyl/N-ethyl adjacent to an activating group) is 1. The summed E-state index contributed by atoms with van der Waals surface area (Å²) in [5.74, 6) is 0.809. The maximum absolute atomic E-state index is 12.7. The second-order valence-corrected chi connectivity index (χ2v) is 6.40. The minimum absolute atomic E-state index is 0.0234. The van der Waals surface area contributed by atoms with E-state index in [1.54, 1.807) is 23.5 Å². The summed E-state index contributed by atoms with van der Waals surface area (Å²) in [5, 5.41) is 2.84. The van der Waals surface area contributed by atoms with Crippen LogP contribution in [0, 0.1) is 5.92 Å². The quantitative estimate of drug-likeness (QED) is 0.842. The van der Waals surface area contributed by atoms with Crippen LogP contribution in [0.1, 0.15) is 33.6 Å². The highest BCUT2D eigenvalue weighted by Gasteiger charge is 2.29. The molecule has 0 radical (unpaired) electrons. The average Bonchev–Trinajstić information content (AvgIpc) is 2.59. The van der Waals surface area contributed by atoms with Crippen LogP contribution in [0.3, 0.4) is 0 Å². The molecule has 7 nitrogen and oxygen atoms in total. The van der Waals surface area contributed by atoms with E-state index in [4.69, 9.17) is 0 Å². The molecule has 1 aromatic rings. The van der Waals surface area contributed by atoms with Crippen molar-refractivity contribution in [2.45, 2.75) is 39.7 Å². The second-order valence-electron chi connectivity index (χ2n) is 6.40. The van der Waals surface area contributed by atoms with E-state index in [2.05, 4.69) is 20.2 Å². The van der Waals surface area contributed by atoms with Crippen LogP contribution >= 0.6 is 0 Å². The highest BCUT2D eigenvalue weighted by molar-refractivity contribution is 5.86. The molecule has 2 heterocycles. The van der Waals surface area contributed by atoms with Crippen molar-refractivity contribution in [3.8, 4) is 0 Å². The van der Waals surface area contributed by atoms with Crippen LogP contribution in [-0.4, -0.2) is 58.9 Å². The molecular formula is C17H27N5O2. The lowest BCUT2D eigenvalue weighted by Gasteiger charge is -2.34. The van der Waals surface area contributed by atoms with Gasteiger partial charge in [-0.1, -0.05) is 0 Å². The highest BCUT2D eigenvalue weighted by Crippen LogP contribution is 2.22. The summed E-state index contributed by atoms with van der Waals surface area (Å²) in [4.78, 5) is 36.8. The molecule has 1 aromatic heterocycles. The third kappa shape index (κ3) is 4.91. The van der Waals surface area contributed by atoms with Crippen molar-refractivity contribution in [2.75, 3.05) is 31.1 Å². The molecule has 132 valence electrons. The number of aromatic nitrogens is 2. The highest BCUT2D eigenvalue weighted by atomic mass is 16.2. The lowest BCUT2D eigenvalue weighted by atomic mass is 9.95. The molecule has 2 amide bonds. The first kappa shape index (κ1) is 18.2. The van der Waals surface area contributed by atoms with Gasteiger partial charge >= 0.3 is 0 Å². The third-order valence-corrected chi connectivity index (χ3v) is 4.20. The minimum Gasteiger partial charge on any atom is -0.355 e. The molecule has 1 fully saturated rings. The molecule has 24 heavy (non-hydrogen) atoms. The standard InChI is InChI=1S/C17H27N5O2/c1-4-21(12-16(23)20-13(2)3)17(24)14-5-9-22(10-6-14)15-11-18-7-8-19-15/h7-8,11,13-14H,4-6,9-10,12H2,1-3H3,(H,20,23). The summed E-state index contributed by atoms with van der Waals surface area (Å²) < 4.78 is 0. The van der Waals surface area contributed by atoms with Gasteiger partial charge in [-0.05, 0) is 33.6 Å². The Kier molecular flexibility index (Phi) is 6.52. The molecule has 1 N–H and O–H groups in total. The zero-order chi connectivity index (χ0) is 17.5. The van der Waals surface area contributed by atoms with E-state index in [1.807, 2.05) is 20.8 Å². The van der Waals surface area contributed by atoms with E-state index in [1.165, 1.54) is 0 Å². The van der Waals surface area contributed by atoms with Gasteiger partial charge in [-0.25, -0.2) is 4.98 Å². The van der Waals surface area contributed by atoms with Gasteiger partial charge in [0, 0.05) is 44.0 Å². The first-order chi connectivity index (χ1) is 11.5. The molecule has 1 saturated heterocycles. The molecular weight excluding hydrogens is 306 g/mol. The van der Waals surface area contributed by atoms with E-state index in [0.717, 1.165) is 31.7 Å². The third-order valence-electron chi connectivity index (χ3n) is 4.20. The van der Waals surface area contributed by atoms with Crippen LogP contribution in [0.15, 0.2) is 18.6 Å². The number of nitrogens with zero attached hydrogens (tertiary/aromatic N) is 4. The fourth-order valence-electron chi connectivity index (χ4n) is 2.95. The predicted molar refractivity (Wildman–Crippen MR) is 92.5 cm³/mol. The van der Waals surface area contributed by atoms with Crippen molar-refractivity contribution >= 4 is 17.6 Å². The molecule has 0 unspecified atom stereocenters. The van der Waals surface area contributed by atoms with Crippen LogP contribution < -0.4 is 10.2 Å². The van der Waals surface area contributed by atoms with Gasteiger partial charge < -0.3 is 15.1 Å². The molecule has 1 aliphatic rings. The summed E-state index contributed by atoms with van der Waals surface area (Å²) >= 11 is 0. The molecule has 0 atom stereocenters. The van der Waals surface area contributed by atoms with Crippen LogP contribution in [0.4, 0.5) is 5.82 Å². The van der Waals surface area contributed by atoms with Gasteiger partial charge in [0.1, 0.15) is 5.82 Å². The Bertz CT molecular complexity index is 541. The summed E-state index contributed by atoms with van der Waals surface area (Å²) in [6, 6.07) is 0.0847. The molecule has 0 aliphatic carbocycles. The summed E-state index contributed by atoms with van der Waals surface area (Å²) in [6.45, 7) is 7.99. The first-order valence-corrected chi connectivity index (χ1v) is 8.60. The summed E-state index contributed by atoms with van der Waals surface area (Å²) in [5.41, 5.74) is 0. The van der Waals surface area contributed by atoms with E-state index in [9.17, 15) is 9.59 Å². The largest absolute Gasteiger partial charge is 0.355 e. The zero-order valence-electron chi connectivity index (χ0n) is 14.7. The van der Waals surface area contributed by atoms with E-state index < -0.39 is 0 Å². The number of rotatable bonds is 6. The Morgan fingerprint density at radius 1 is 1.33 bits per heavy atom. The molecule has 7 heteroatoms. The zero-order valence-corrected chi connectivity index (χ0v) is 14.7.